The van der Waals surface area contributed by atoms with Gasteiger partial charge in [-0.05, 0) is 42.3 Å². The summed E-state index contributed by atoms with van der Waals surface area (Å²) in [5.74, 6) is -0.334. The molecule has 2 rings (SSSR count). The maximum atomic E-state index is 13.1. The van der Waals surface area contributed by atoms with Crippen molar-refractivity contribution in [1.82, 2.24) is 5.32 Å². The van der Waals surface area contributed by atoms with E-state index >= 15 is 0 Å². The monoisotopic (exact) mass is 277 g/mol. The summed E-state index contributed by atoms with van der Waals surface area (Å²) in [6, 6.07) is 11.3. The second-order valence-corrected chi connectivity index (χ2v) is 4.66. The predicted octanol–water partition coefficient (Wildman–Crippen LogP) is 3.82. The summed E-state index contributed by atoms with van der Waals surface area (Å²) >= 11 is 0. The Morgan fingerprint density at radius 1 is 1.10 bits per heavy atom. The van der Waals surface area contributed by atoms with Crippen LogP contribution in [0, 0.1) is 11.6 Å². The molecule has 0 aliphatic rings. The van der Waals surface area contributed by atoms with Crippen LogP contribution in [0.3, 0.4) is 0 Å². The first-order chi connectivity index (χ1) is 9.58. The lowest BCUT2D eigenvalue weighted by Gasteiger charge is -2.15. The summed E-state index contributed by atoms with van der Waals surface area (Å²) in [6.07, 6.45) is 0. The first kappa shape index (κ1) is 14.5. The maximum absolute atomic E-state index is 13.1. The van der Waals surface area contributed by atoms with Crippen molar-refractivity contribution in [3.05, 3.63) is 65.2 Å². The molecule has 2 aromatic rings. The summed E-state index contributed by atoms with van der Waals surface area (Å²) in [5.41, 5.74) is 1.64. The number of nitrogens with one attached hydrogen (secondary N) is 1. The molecular formula is C16H17F2NO. The zero-order chi connectivity index (χ0) is 14.5. The first-order valence-corrected chi connectivity index (χ1v) is 6.41. The molecule has 0 aromatic heterocycles. The van der Waals surface area contributed by atoms with E-state index in [1.807, 2.05) is 31.2 Å². The molecule has 0 heterocycles. The van der Waals surface area contributed by atoms with Crippen LogP contribution in [0.2, 0.25) is 0 Å². The van der Waals surface area contributed by atoms with Gasteiger partial charge in [0.05, 0.1) is 7.11 Å². The van der Waals surface area contributed by atoms with Crippen LogP contribution in [-0.4, -0.2) is 7.11 Å². The Labute approximate surface area is 117 Å². The van der Waals surface area contributed by atoms with E-state index in [1.165, 1.54) is 12.1 Å². The van der Waals surface area contributed by atoms with E-state index in [0.29, 0.717) is 12.1 Å². The average molecular weight is 277 g/mol. The van der Waals surface area contributed by atoms with Crippen molar-refractivity contribution in [2.45, 2.75) is 19.5 Å². The van der Waals surface area contributed by atoms with Crippen LogP contribution in [0.4, 0.5) is 8.78 Å². The van der Waals surface area contributed by atoms with Gasteiger partial charge in [0.25, 0.3) is 0 Å². The molecule has 20 heavy (non-hydrogen) atoms. The molecule has 1 atom stereocenters. The summed E-state index contributed by atoms with van der Waals surface area (Å²) in [6.45, 7) is 2.39. The fourth-order valence-electron chi connectivity index (χ4n) is 2.01. The number of benzene rings is 2. The molecule has 1 unspecified atom stereocenters. The average Bonchev–Trinajstić information content (AvgIpc) is 2.44. The van der Waals surface area contributed by atoms with E-state index in [4.69, 9.17) is 4.74 Å². The van der Waals surface area contributed by atoms with Crippen LogP contribution < -0.4 is 10.1 Å². The Bertz CT molecular complexity index is 566. The van der Waals surface area contributed by atoms with Crippen molar-refractivity contribution in [2.75, 3.05) is 7.11 Å². The van der Waals surface area contributed by atoms with Crippen LogP contribution in [0.1, 0.15) is 24.1 Å². The molecule has 0 saturated heterocycles. The molecule has 0 spiro atoms. The first-order valence-electron chi connectivity index (χ1n) is 6.41. The van der Waals surface area contributed by atoms with E-state index in [9.17, 15) is 8.78 Å². The van der Waals surface area contributed by atoms with E-state index in [-0.39, 0.29) is 6.04 Å². The summed E-state index contributed by atoms with van der Waals surface area (Å²) < 4.78 is 31.4. The molecule has 4 heteroatoms. The van der Waals surface area contributed by atoms with Crippen LogP contribution in [0.15, 0.2) is 42.5 Å². The van der Waals surface area contributed by atoms with Crippen molar-refractivity contribution in [2.24, 2.45) is 0 Å². The minimum Gasteiger partial charge on any atom is -0.497 e. The Morgan fingerprint density at radius 2 is 1.80 bits per heavy atom. The number of hydrogen-bond acceptors (Lipinski definition) is 2. The van der Waals surface area contributed by atoms with Crippen LogP contribution in [-0.2, 0) is 6.54 Å². The Balaban J connectivity index is 2.02. The second-order valence-electron chi connectivity index (χ2n) is 4.66. The highest BCUT2D eigenvalue weighted by molar-refractivity contribution is 5.30. The van der Waals surface area contributed by atoms with Crippen molar-refractivity contribution >= 4 is 0 Å². The van der Waals surface area contributed by atoms with Gasteiger partial charge in [0.15, 0.2) is 0 Å². The normalized spacial score (nSPS) is 12.2. The van der Waals surface area contributed by atoms with Crippen molar-refractivity contribution in [1.29, 1.82) is 0 Å². The minimum absolute atomic E-state index is 0.0522. The van der Waals surface area contributed by atoms with Crippen LogP contribution >= 0.6 is 0 Å². The van der Waals surface area contributed by atoms with E-state index in [1.54, 1.807) is 7.11 Å². The van der Waals surface area contributed by atoms with E-state index in [2.05, 4.69) is 5.32 Å². The lowest BCUT2D eigenvalue weighted by Crippen LogP contribution is -2.18. The third-order valence-electron chi connectivity index (χ3n) is 3.13. The van der Waals surface area contributed by atoms with Gasteiger partial charge in [0.2, 0.25) is 0 Å². The molecule has 106 valence electrons. The van der Waals surface area contributed by atoms with Gasteiger partial charge in [0, 0.05) is 18.7 Å². The molecule has 2 nitrogen and oxygen atoms in total. The van der Waals surface area contributed by atoms with E-state index in [0.717, 1.165) is 17.4 Å². The van der Waals surface area contributed by atoms with Gasteiger partial charge in [-0.2, -0.15) is 0 Å². The van der Waals surface area contributed by atoms with Gasteiger partial charge in [-0.15, -0.1) is 0 Å². The topological polar surface area (TPSA) is 21.3 Å². The summed E-state index contributed by atoms with van der Waals surface area (Å²) in [4.78, 5) is 0. The zero-order valence-electron chi connectivity index (χ0n) is 11.5. The predicted molar refractivity (Wildman–Crippen MR) is 74.6 cm³/mol. The fourth-order valence-corrected chi connectivity index (χ4v) is 2.01. The lowest BCUT2D eigenvalue weighted by atomic mass is 10.1. The van der Waals surface area contributed by atoms with Gasteiger partial charge >= 0.3 is 0 Å². The summed E-state index contributed by atoms with van der Waals surface area (Å²) in [5, 5.41) is 3.23. The Morgan fingerprint density at radius 3 is 2.45 bits per heavy atom. The lowest BCUT2D eigenvalue weighted by molar-refractivity contribution is 0.413. The zero-order valence-corrected chi connectivity index (χ0v) is 11.5. The maximum Gasteiger partial charge on any atom is 0.126 e. The minimum atomic E-state index is -0.559. The van der Waals surface area contributed by atoms with Gasteiger partial charge < -0.3 is 10.1 Å². The summed E-state index contributed by atoms with van der Waals surface area (Å²) in [7, 11) is 1.62. The third kappa shape index (κ3) is 3.78. The fraction of sp³-hybridized carbons (Fsp3) is 0.250. The number of hydrogen-bond donors (Lipinski definition) is 1. The highest BCUT2D eigenvalue weighted by Gasteiger charge is 2.07. The van der Waals surface area contributed by atoms with Crippen molar-refractivity contribution < 1.29 is 13.5 Å². The van der Waals surface area contributed by atoms with Crippen LogP contribution in [0.5, 0.6) is 5.75 Å². The second kappa shape index (κ2) is 6.48. The smallest absolute Gasteiger partial charge is 0.126 e. The number of halogens is 2. The molecule has 0 bridgehead atoms. The van der Waals surface area contributed by atoms with Crippen molar-refractivity contribution in [3.63, 3.8) is 0 Å². The molecule has 2 aromatic carbocycles. The molecule has 0 aliphatic carbocycles. The quantitative estimate of drug-likeness (QED) is 0.897. The van der Waals surface area contributed by atoms with Crippen LogP contribution in [0.25, 0.3) is 0 Å². The molecular weight excluding hydrogens is 260 g/mol. The van der Waals surface area contributed by atoms with Gasteiger partial charge in [0.1, 0.15) is 17.4 Å². The highest BCUT2D eigenvalue weighted by atomic mass is 19.1. The Kier molecular flexibility index (Phi) is 4.69. The highest BCUT2D eigenvalue weighted by Crippen LogP contribution is 2.19. The van der Waals surface area contributed by atoms with E-state index < -0.39 is 11.6 Å². The molecule has 1 N–H and O–H groups in total. The standard InChI is InChI=1S/C16H17F2NO/c1-11(13-4-3-5-16(8-13)20-2)19-10-12-6-14(17)9-15(18)7-12/h3-9,11,19H,10H2,1-2H3. The molecule has 0 radical (unpaired) electrons. The number of rotatable bonds is 5. The SMILES string of the molecule is COc1cccc(C(C)NCc2cc(F)cc(F)c2)c1. The van der Waals surface area contributed by atoms with Gasteiger partial charge in [-0.25, -0.2) is 8.78 Å². The molecule has 0 aliphatic heterocycles. The largest absolute Gasteiger partial charge is 0.497 e. The third-order valence-corrected chi connectivity index (χ3v) is 3.13. The molecule has 0 fully saturated rings. The molecule has 0 amide bonds. The van der Waals surface area contributed by atoms with Gasteiger partial charge in [-0.3, -0.25) is 0 Å². The number of methoxy groups -OCH3 is 1. The Hall–Kier alpha value is -1.94. The van der Waals surface area contributed by atoms with Gasteiger partial charge in [-0.1, -0.05) is 12.1 Å². The van der Waals surface area contributed by atoms with Crippen molar-refractivity contribution in [3.8, 4) is 5.75 Å². The molecule has 0 saturated carbocycles. The number of ether oxygens (including phenoxy) is 1.